The molecule has 0 aromatic carbocycles. The van der Waals surface area contributed by atoms with Gasteiger partial charge >= 0.3 is 0 Å². The van der Waals surface area contributed by atoms with E-state index in [1.165, 1.54) is 0 Å². The highest BCUT2D eigenvalue weighted by atomic mass is 19.1. The molecule has 1 fully saturated rings. The van der Waals surface area contributed by atoms with Gasteiger partial charge in [-0.15, -0.1) is 0 Å². The average Bonchev–Trinajstić information content (AvgIpc) is 2.06. The number of nitrogens with one attached hydrogen (secondary N) is 1. The lowest BCUT2D eigenvalue weighted by molar-refractivity contribution is 0.195. The third-order valence-electron chi connectivity index (χ3n) is 2.04. The van der Waals surface area contributed by atoms with Crippen molar-refractivity contribution in [3.05, 3.63) is 0 Å². The van der Waals surface area contributed by atoms with E-state index in [1.807, 2.05) is 6.92 Å². The van der Waals surface area contributed by atoms with Gasteiger partial charge in [-0.05, 0) is 5.92 Å². The van der Waals surface area contributed by atoms with Crippen LogP contribution >= 0.6 is 0 Å². The second-order valence-corrected chi connectivity index (χ2v) is 3.31. The van der Waals surface area contributed by atoms with Gasteiger partial charge in [0.1, 0.15) is 0 Å². The Kier molecular flexibility index (Phi) is 3.80. The summed E-state index contributed by atoms with van der Waals surface area (Å²) in [5.74, 6) is 0.202. The molecule has 0 bridgehead atoms. The highest BCUT2D eigenvalue weighted by Gasteiger charge is 2.12. The zero-order valence-electron chi connectivity index (χ0n) is 7.15. The van der Waals surface area contributed by atoms with Gasteiger partial charge in [0, 0.05) is 32.7 Å². The van der Waals surface area contributed by atoms with Crippen molar-refractivity contribution in [3.8, 4) is 0 Å². The number of hydrogen-bond acceptors (Lipinski definition) is 2. The molecule has 1 aliphatic heterocycles. The Morgan fingerprint density at radius 1 is 1.45 bits per heavy atom. The molecule has 1 N–H and O–H groups in total. The zero-order chi connectivity index (χ0) is 8.10. The van der Waals surface area contributed by atoms with Crippen LogP contribution in [-0.4, -0.2) is 44.3 Å². The van der Waals surface area contributed by atoms with Crippen molar-refractivity contribution in [2.24, 2.45) is 5.92 Å². The summed E-state index contributed by atoms with van der Waals surface area (Å²) >= 11 is 0. The maximum atomic E-state index is 12.1. The summed E-state index contributed by atoms with van der Waals surface area (Å²) in [5, 5.41) is 3.27. The van der Waals surface area contributed by atoms with Crippen molar-refractivity contribution in [2.45, 2.75) is 6.92 Å². The van der Waals surface area contributed by atoms with E-state index in [0.717, 1.165) is 32.7 Å². The topological polar surface area (TPSA) is 15.3 Å². The first kappa shape index (κ1) is 8.94. The monoisotopic (exact) mass is 160 g/mol. The lowest BCUT2D eigenvalue weighted by Gasteiger charge is -2.28. The van der Waals surface area contributed by atoms with Gasteiger partial charge in [0.15, 0.2) is 0 Å². The fraction of sp³-hybridized carbons (Fsp3) is 1.00. The lowest BCUT2D eigenvalue weighted by atomic mass is 10.2. The first-order chi connectivity index (χ1) is 5.33. The fourth-order valence-corrected chi connectivity index (χ4v) is 1.38. The van der Waals surface area contributed by atoms with E-state index in [9.17, 15) is 4.39 Å². The molecule has 1 atom stereocenters. The van der Waals surface area contributed by atoms with Crippen molar-refractivity contribution in [1.29, 1.82) is 0 Å². The fourth-order valence-electron chi connectivity index (χ4n) is 1.38. The maximum absolute atomic E-state index is 12.1. The van der Waals surface area contributed by atoms with Crippen LogP contribution in [0, 0.1) is 5.92 Å². The minimum Gasteiger partial charge on any atom is -0.314 e. The van der Waals surface area contributed by atoms with Crippen molar-refractivity contribution in [2.75, 3.05) is 39.4 Å². The number of piperazine rings is 1. The van der Waals surface area contributed by atoms with Crippen LogP contribution in [0.1, 0.15) is 6.92 Å². The van der Waals surface area contributed by atoms with Crippen LogP contribution in [0.2, 0.25) is 0 Å². The van der Waals surface area contributed by atoms with Crippen LogP contribution < -0.4 is 5.32 Å². The molecule has 1 heterocycles. The molecule has 1 rings (SSSR count). The van der Waals surface area contributed by atoms with E-state index in [2.05, 4.69) is 10.2 Å². The maximum Gasteiger partial charge on any atom is 0.0932 e. The summed E-state index contributed by atoms with van der Waals surface area (Å²) < 4.78 is 12.1. The van der Waals surface area contributed by atoms with Crippen molar-refractivity contribution in [1.82, 2.24) is 10.2 Å². The summed E-state index contributed by atoms with van der Waals surface area (Å²) in [4.78, 5) is 2.32. The Morgan fingerprint density at radius 2 is 2.09 bits per heavy atom. The quantitative estimate of drug-likeness (QED) is 0.646. The van der Waals surface area contributed by atoms with Gasteiger partial charge in [0.2, 0.25) is 0 Å². The highest BCUT2D eigenvalue weighted by molar-refractivity contribution is 4.69. The normalized spacial score (nSPS) is 23.5. The average molecular weight is 160 g/mol. The van der Waals surface area contributed by atoms with E-state index in [-0.39, 0.29) is 12.6 Å². The second-order valence-electron chi connectivity index (χ2n) is 3.31. The molecule has 0 aliphatic carbocycles. The molecule has 2 nitrogen and oxygen atoms in total. The minimum absolute atomic E-state index is 0.191. The first-order valence-corrected chi connectivity index (χ1v) is 4.32. The van der Waals surface area contributed by atoms with E-state index >= 15 is 0 Å². The van der Waals surface area contributed by atoms with Gasteiger partial charge in [-0.3, -0.25) is 4.39 Å². The van der Waals surface area contributed by atoms with Crippen LogP contribution in [-0.2, 0) is 0 Å². The van der Waals surface area contributed by atoms with Crippen molar-refractivity contribution < 1.29 is 4.39 Å². The van der Waals surface area contributed by atoms with Gasteiger partial charge < -0.3 is 10.2 Å². The molecule has 1 saturated heterocycles. The minimum atomic E-state index is -0.191. The predicted octanol–water partition coefficient (Wildman–Crippen LogP) is 0.497. The van der Waals surface area contributed by atoms with E-state index in [0.29, 0.717) is 0 Å². The molecule has 0 spiro atoms. The molecular weight excluding hydrogens is 143 g/mol. The van der Waals surface area contributed by atoms with E-state index in [4.69, 9.17) is 0 Å². The first-order valence-electron chi connectivity index (χ1n) is 4.32. The molecule has 3 heteroatoms. The standard InChI is InChI=1S/C8H17FN2/c1-8(6-9)7-11-4-2-10-3-5-11/h8,10H,2-7H2,1H3/t8-/m0/s1. The van der Waals surface area contributed by atoms with Crippen LogP contribution in [0.25, 0.3) is 0 Å². The molecule has 0 unspecified atom stereocenters. The number of halogens is 1. The molecule has 0 aromatic rings. The predicted molar refractivity (Wildman–Crippen MR) is 44.4 cm³/mol. The smallest absolute Gasteiger partial charge is 0.0932 e. The molecule has 0 saturated carbocycles. The van der Waals surface area contributed by atoms with Gasteiger partial charge in [0.25, 0.3) is 0 Å². The van der Waals surface area contributed by atoms with Crippen molar-refractivity contribution in [3.63, 3.8) is 0 Å². The van der Waals surface area contributed by atoms with Gasteiger partial charge in [0.05, 0.1) is 6.67 Å². The number of alkyl halides is 1. The lowest BCUT2D eigenvalue weighted by Crippen LogP contribution is -2.45. The highest BCUT2D eigenvalue weighted by Crippen LogP contribution is 2.01. The van der Waals surface area contributed by atoms with Crippen LogP contribution in [0.15, 0.2) is 0 Å². The third kappa shape index (κ3) is 3.16. The Hall–Kier alpha value is -0.150. The van der Waals surface area contributed by atoms with E-state index in [1.54, 1.807) is 0 Å². The Bertz CT molecular complexity index is 102. The second kappa shape index (κ2) is 4.67. The molecule has 0 amide bonds. The molecule has 0 aromatic heterocycles. The third-order valence-corrected chi connectivity index (χ3v) is 2.04. The summed E-state index contributed by atoms with van der Waals surface area (Å²) in [6, 6.07) is 0. The zero-order valence-corrected chi connectivity index (χ0v) is 7.15. The largest absolute Gasteiger partial charge is 0.314 e. The molecule has 1 aliphatic rings. The van der Waals surface area contributed by atoms with Crippen molar-refractivity contribution >= 4 is 0 Å². The number of hydrogen-bond donors (Lipinski definition) is 1. The van der Waals surface area contributed by atoms with E-state index < -0.39 is 0 Å². The molecular formula is C8H17FN2. The SMILES string of the molecule is C[C@@H](CF)CN1CCNCC1. The molecule has 66 valence electrons. The summed E-state index contributed by atoms with van der Waals surface area (Å²) in [5.41, 5.74) is 0. The Labute approximate surface area is 67.8 Å². The van der Waals surface area contributed by atoms with Crippen LogP contribution in [0.5, 0.6) is 0 Å². The van der Waals surface area contributed by atoms with Crippen LogP contribution in [0.4, 0.5) is 4.39 Å². The summed E-state index contributed by atoms with van der Waals surface area (Å²) in [6.45, 7) is 6.94. The summed E-state index contributed by atoms with van der Waals surface area (Å²) in [7, 11) is 0. The molecule has 0 radical (unpaired) electrons. The Balaban J connectivity index is 2.13. The molecule has 11 heavy (non-hydrogen) atoms. The summed E-state index contributed by atoms with van der Waals surface area (Å²) in [6.07, 6.45) is 0. The Morgan fingerprint density at radius 3 is 2.64 bits per heavy atom. The number of nitrogens with zero attached hydrogens (tertiary/aromatic N) is 1. The van der Waals surface area contributed by atoms with Crippen LogP contribution in [0.3, 0.4) is 0 Å². The van der Waals surface area contributed by atoms with Gasteiger partial charge in [-0.25, -0.2) is 0 Å². The van der Waals surface area contributed by atoms with Gasteiger partial charge in [-0.1, -0.05) is 6.92 Å². The number of rotatable bonds is 3. The van der Waals surface area contributed by atoms with Gasteiger partial charge in [-0.2, -0.15) is 0 Å².